The lowest BCUT2D eigenvalue weighted by atomic mass is 9.97. The molecule has 98 heavy (non-hydrogen) atoms. The molecule has 14 nitrogen and oxygen atoms in total. The van der Waals surface area contributed by atoms with Crippen LogP contribution in [0.1, 0.15) is 335 Å². The SMILES string of the molecule is CC/C=C\C/C=C\C/C=C\C/C=C\C/C=C\C/C=C\C/C=C\C/C=C\CCCCCCCCC(=O)NC(COC1OC(CO)C(OC2OC(CO)C(O)C(O)C2O)C(O)C1O)C(O)CCCCCCCCCCCCCCCCCCCCCCCCCCCCCCCCCCC. The predicted octanol–water partition coefficient (Wildman–Crippen LogP) is 18.5. The first-order valence-corrected chi connectivity index (χ1v) is 40.5. The van der Waals surface area contributed by atoms with Crippen LogP contribution < -0.4 is 5.32 Å². The van der Waals surface area contributed by atoms with Crippen LogP contribution in [0.2, 0.25) is 0 Å². The molecular weight excluding hydrogens is 1230 g/mol. The third-order valence-electron chi connectivity index (χ3n) is 19.3. The van der Waals surface area contributed by atoms with Crippen molar-refractivity contribution in [2.75, 3.05) is 19.8 Å². The molecule has 2 saturated heterocycles. The maximum Gasteiger partial charge on any atom is 0.220 e. The van der Waals surface area contributed by atoms with E-state index in [0.717, 1.165) is 116 Å². The highest BCUT2D eigenvalue weighted by Gasteiger charge is 2.51. The van der Waals surface area contributed by atoms with Gasteiger partial charge in [-0.05, 0) is 77.0 Å². The number of ether oxygens (including phenoxy) is 4. The van der Waals surface area contributed by atoms with E-state index in [1.807, 2.05) is 0 Å². The molecule has 0 aromatic rings. The fourth-order valence-electron chi connectivity index (χ4n) is 13.0. The number of rotatable bonds is 67. The Morgan fingerprint density at radius 2 is 0.704 bits per heavy atom. The van der Waals surface area contributed by atoms with Gasteiger partial charge in [-0.1, -0.05) is 349 Å². The van der Waals surface area contributed by atoms with Crippen molar-refractivity contribution < 1.29 is 64.6 Å². The van der Waals surface area contributed by atoms with Crippen molar-refractivity contribution in [2.45, 2.75) is 408 Å². The van der Waals surface area contributed by atoms with E-state index >= 15 is 0 Å². The summed E-state index contributed by atoms with van der Waals surface area (Å²) in [4.78, 5) is 13.4. The maximum absolute atomic E-state index is 13.4. The highest BCUT2D eigenvalue weighted by Crippen LogP contribution is 2.30. The van der Waals surface area contributed by atoms with Gasteiger partial charge in [0, 0.05) is 6.42 Å². The number of allylic oxidation sites excluding steroid dienone is 16. The first-order valence-electron chi connectivity index (χ1n) is 40.5. The Labute approximate surface area is 598 Å². The summed E-state index contributed by atoms with van der Waals surface area (Å²) in [5.41, 5.74) is 0. The molecule has 9 N–H and O–H groups in total. The molecule has 2 aliphatic heterocycles. The number of amides is 1. The predicted molar refractivity (Wildman–Crippen MR) is 406 cm³/mol. The molecule has 0 spiro atoms. The summed E-state index contributed by atoms with van der Waals surface area (Å²) in [7, 11) is 0. The molecule has 14 heteroatoms. The Balaban J connectivity index is 1.63. The van der Waals surface area contributed by atoms with Crippen LogP contribution in [-0.4, -0.2) is 140 Å². The van der Waals surface area contributed by atoms with E-state index in [9.17, 15) is 45.6 Å². The quantitative estimate of drug-likeness (QED) is 0.0204. The van der Waals surface area contributed by atoms with Crippen LogP contribution in [0.4, 0.5) is 0 Å². The van der Waals surface area contributed by atoms with Gasteiger partial charge in [0.25, 0.3) is 0 Å². The number of nitrogens with one attached hydrogen (secondary N) is 1. The van der Waals surface area contributed by atoms with Gasteiger partial charge in [-0.25, -0.2) is 0 Å². The summed E-state index contributed by atoms with van der Waals surface area (Å²) in [6.45, 7) is 2.78. The van der Waals surface area contributed by atoms with Crippen molar-refractivity contribution in [1.29, 1.82) is 0 Å². The molecule has 568 valence electrons. The van der Waals surface area contributed by atoms with Crippen LogP contribution in [0.3, 0.4) is 0 Å². The first kappa shape index (κ1) is 91.0. The normalized spacial score (nSPS) is 22.6. The lowest BCUT2D eigenvalue weighted by Crippen LogP contribution is -2.65. The summed E-state index contributed by atoms with van der Waals surface area (Å²) in [6.07, 6.45) is 78.7. The average molecular weight is 1380 g/mol. The molecule has 0 bridgehead atoms. The van der Waals surface area contributed by atoms with Crippen molar-refractivity contribution in [3.8, 4) is 0 Å². The minimum atomic E-state index is -1.79. The fourth-order valence-corrected chi connectivity index (χ4v) is 13.0. The van der Waals surface area contributed by atoms with Crippen LogP contribution in [-0.2, 0) is 23.7 Å². The molecule has 0 radical (unpaired) electrons. The zero-order valence-electron chi connectivity index (χ0n) is 62.3. The van der Waals surface area contributed by atoms with E-state index in [1.54, 1.807) is 0 Å². The van der Waals surface area contributed by atoms with Gasteiger partial charge in [-0.2, -0.15) is 0 Å². The Morgan fingerprint density at radius 3 is 1.08 bits per heavy atom. The molecule has 0 aliphatic carbocycles. The standard InChI is InChI=1S/C84H149NO13/c1-3-5-7-9-11-13-15-17-19-21-23-25-27-29-31-33-35-36-38-39-41-43-45-47-49-51-53-55-57-59-61-63-65-67-73(88)72(71-95-83-81(94)79(92)82(75(70-87)97-83)98-84-80(93)78(91)77(90)74(69-86)96-84)85-76(89)68-66-64-62-60-58-56-54-52-50-48-46-44-42-40-37-34-32-30-28-26-24-22-20-18-16-14-12-10-8-6-4-2/h6,8,12,14,18,20,24,26,30,32,37,40,44,46,50,52,72-75,77-84,86-88,90-94H,3-5,7,9-11,13,15-17,19,21-23,25,27-29,31,33-36,38-39,41-43,45,47-49,51,53-71H2,1-2H3,(H,85,89)/b8-6-,14-12-,20-18-,26-24-,32-30-,40-37-,46-44-,52-50-. The molecule has 2 rings (SSSR count). The highest BCUT2D eigenvalue weighted by molar-refractivity contribution is 5.76. The third kappa shape index (κ3) is 49.5. The summed E-state index contributed by atoms with van der Waals surface area (Å²) in [5, 5.41) is 87.9. The maximum atomic E-state index is 13.4. The van der Waals surface area contributed by atoms with Gasteiger partial charge in [0.1, 0.15) is 48.8 Å². The van der Waals surface area contributed by atoms with Crippen LogP contribution in [0, 0.1) is 0 Å². The van der Waals surface area contributed by atoms with Crippen LogP contribution in [0.25, 0.3) is 0 Å². The molecule has 0 aromatic carbocycles. The van der Waals surface area contributed by atoms with E-state index in [0.29, 0.717) is 12.8 Å². The first-order chi connectivity index (χ1) is 48.1. The van der Waals surface area contributed by atoms with Gasteiger partial charge in [-0.3, -0.25) is 4.79 Å². The summed E-state index contributed by atoms with van der Waals surface area (Å²) in [5.74, 6) is -0.221. The number of hydrogen-bond acceptors (Lipinski definition) is 13. The summed E-state index contributed by atoms with van der Waals surface area (Å²) in [6, 6.07) is -0.847. The van der Waals surface area contributed by atoms with Crippen molar-refractivity contribution in [3.63, 3.8) is 0 Å². The number of aliphatic hydroxyl groups is 8. The topological polar surface area (TPSA) is 228 Å². The van der Waals surface area contributed by atoms with Crippen molar-refractivity contribution >= 4 is 5.91 Å². The fraction of sp³-hybridized carbons (Fsp3) is 0.798. The number of carbonyl (C=O) groups is 1. The van der Waals surface area contributed by atoms with E-state index in [1.165, 1.54) is 186 Å². The average Bonchev–Trinajstić information content (AvgIpc) is 0.793. The van der Waals surface area contributed by atoms with Gasteiger partial charge in [0.2, 0.25) is 5.91 Å². The zero-order valence-corrected chi connectivity index (χ0v) is 62.3. The van der Waals surface area contributed by atoms with E-state index in [4.69, 9.17) is 18.9 Å². The van der Waals surface area contributed by atoms with E-state index < -0.39 is 86.8 Å². The summed E-state index contributed by atoms with van der Waals surface area (Å²) >= 11 is 0. The minimum absolute atomic E-state index is 0.221. The molecule has 12 atom stereocenters. The Hall–Kier alpha value is -3.09. The monoisotopic (exact) mass is 1380 g/mol. The van der Waals surface area contributed by atoms with Gasteiger partial charge in [0.15, 0.2) is 12.6 Å². The smallest absolute Gasteiger partial charge is 0.220 e. The Kier molecular flexibility index (Phi) is 62.3. The second-order valence-electron chi connectivity index (χ2n) is 28.2. The number of carbonyl (C=O) groups excluding carboxylic acids is 1. The van der Waals surface area contributed by atoms with Crippen LogP contribution >= 0.6 is 0 Å². The molecule has 2 heterocycles. The Bertz CT molecular complexity index is 2020. The second kappa shape index (κ2) is 67.1. The molecular formula is C84H149NO13. The number of hydrogen-bond donors (Lipinski definition) is 9. The minimum Gasteiger partial charge on any atom is -0.394 e. The van der Waals surface area contributed by atoms with Crippen LogP contribution in [0.5, 0.6) is 0 Å². The number of unbranched alkanes of at least 4 members (excludes halogenated alkanes) is 38. The number of aliphatic hydroxyl groups excluding tert-OH is 8. The molecule has 2 aliphatic rings. The zero-order chi connectivity index (χ0) is 70.8. The van der Waals surface area contributed by atoms with Crippen molar-refractivity contribution in [2.24, 2.45) is 0 Å². The Morgan fingerprint density at radius 1 is 0.378 bits per heavy atom. The van der Waals surface area contributed by atoms with Crippen molar-refractivity contribution in [3.05, 3.63) is 97.2 Å². The van der Waals surface area contributed by atoms with Crippen LogP contribution in [0.15, 0.2) is 97.2 Å². The second-order valence-corrected chi connectivity index (χ2v) is 28.2. The van der Waals surface area contributed by atoms with Gasteiger partial charge >= 0.3 is 0 Å². The lowest BCUT2D eigenvalue weighted by Gasteiger charge is -2.46. The molecule has 1 amide bonds. The molecule has 0 aromatic heterocycles. The molecule has 12 unspecified atom stereocenters. The molecule has 2 fully saturated rings. The largest absolute Gasteiger partial charge is 0.394 e. The van der Waals surface area contributed by atoms with E-state index in [-0.39, 0.29) is 18.9 Å². The van der Waals surface area contributed by atoms with Crippen molar-refractivity contribution in [1.82, 2.24) is 5.32 Å². The van der Waals surface area contributed by atoms with E-state index in [2.05, 4.69) is 116 Å². The van der Waals surface area contributed by atoms with Gasteiger partial charge < -0.3 is 65.1 Å². The van der Waals surface area contributed by atoms with Gasteiger partial charge in [0.05, 0.1) is 32.0 Å². The highest BCUT2D eigenvalue weighted by atomic mass is 16.7. The lowest BCUT2D eigenvalue weighted by molar-refractivity contribution is -0.359. The van der Waals surface area contributed by atoms with Gasteiger partial charge in [-0.15, -0.1) is 0 Å². The molecule has 0 saturated carbocycles. The summed E-state index contributed by atoms with van der Waals surface area (Å²) < 4.78 is 23.0. The third-order valence-corrected chi connectivity index (χ3v) is 19.3.